The molecular weight excluding hydrogens is 246 g/mol. The second-order valence-electron chi connectivity index (χ2n) is 4.41. The fourth-order valence-corrected chi connectivity index (χ4v) is 1.92. The van der Waals surface area contributed by atoms with Crippen LogP contribution in [0.1, 0.15) is 17.5 Å². The van der Waals surface area contributed by atoms with Gasteiger partial charge in [0.05, 0.1) is 20.8 Å². The highest BCUT2D eigenvalue weighted by Crippen LogP contribution is 2.28. The molecule has 0 bridgehead atoms. The Kier molecular flexibility index (Phi) is 6.62. The molecule has 0 saturated heterocycles. The highest BCUT2D eigenvalue weighted by Gasteiger charge is 2.11. The molecule has 0 amide bonds. The largest absolute Gasteiger partial charge is 0.496 e. The highest BCUT2D eigenvalue weighted by molar-refractivity contribution is 5.45. The van der Waals surface area contributed by atoms with Crippen LogP contribution in [0.3, 0.4) is 0 Å². The average molecular weight is 269 g/mol. The van der Waals surface area contributed by atoms with E-state index in [1.807, 2.05) is 19.1 Å². The van der Waals surface area contributed by atoms with Gasteiger partial charge in [-0.25, -0.2) is 0 Å². The van der Waals surface area contributed by atoms with Gasteiger partial charge in [-0.05, 0) is 31.0 Å². The lowest BCUT2D eigenvalue weighted by molar-refractivity contribution is 0.199. The molecule has 0 spiro atoms. The van der Waals surface area contributed by atoms with Gasteiger partial charge in [-0.2, -0.15) is 0 Å². The fourth-order valence-electron chi connectivity index (χ4n) is 1.92. The van der Waals surface area contributed by atoms with E-state index in [4.69, 9.17) is 14.6 Å². The lowest BCUT2D eigenvalue weighted by atomic mass is 10.1. The Morgan fingerprint density at radius 2 is 1.84 bits per heavy atom. The van der Waals surface area contributed by atoms with E-state index in [0.717, 1.165) is 22.6 Å². The number of hydrogen-bond donors (Lipinski definition) is 3. The number of ether oxygens (including phenoxy) is 2. The van der Waals surface area contributed by atoms with Gasteiger partial charge in [0, 0.05) is 24.8 Å². The van der Waals surface area contributed by atoms with Crippen LogP contribution in [0.2, 0.25) is 0 Å². The second-order valence-corrected chi connectivity index (χ2v) is 4.41. The van der Waals surface area contributed by atoms with Crippen molar-refractivity contribution in [3.63, 3.8) is 0 Å². The van der Waals surface area contributed by atoms with Crippen LogP contribution < -0.4 is 14.8 Å². The molecule has 0 aromatic heterocycles. The van der Waals surface area contributed by atoms with E-state index < -0.39 is 0 Å². The van der Waals surface area contributed by atoms with Crippen molar-refractivity contribution in [2.24, 2.45) is 0 Å². The van der Waals surface area contributed by atoms with Crippen molar-refractivity contribution >= 4 is 0 Å². The van der Waals surface area contributed by atoms with E-state index >= 15 is 0 Å². The first-order chi connectivity index (χ1) is 9.15. The number of benzene rings is 1. The minimum Gasteiger partial charge on any atom is -0.496 e. The zero-order chi connectivity index (χ0) is 14.3. The molecule has 5 heteroatoms. The van der Waals surface area contributed by atoms with E-state index in [-0.39, 0.29) is 19.3 Å². The molecule has 108 valence electrons. The standard InChI is InChI=1S/C14H23NO4/c1-10-6-14(19-3)11(7-13(10)18-2)8-15-12(9-17)4-5-16/h6-7,12,15-17H,4-5,8-9H2,1-3H3. The summed E-state index contributed by atoms with van der Waals surface area (Å²) in [5.41, 5.74) is 1.97. The summed E-state index contributed by atoms with van der Waals surface area (Å²) in [4.78, 5) is 0. The molecule has 0 aliphatic heterocycles. The molecule has 5 nitrogen and oxygen atoms in total. The summed E-state index contributed by atoms with van der Waals surface area (Å²) in [6.45, 7) is 2.55. The topological polar surface area (TPSA) is 71.0 Å². The minimum absolute atomic E-state index is 0.00806. The third-order valence-electron chi connectivity index (χ3n) is 3.08. The minimum atomic E-state index is -0.123. The van der Waals surface area contributed by atoms with Gasteiger partial charge in [-0.1, -0.05) is 0 Å². The predicted molar refractivity (Wildman–Crippen MR) is 73.7 cm³/mol. The molecule has 1 unspecified atom stereocenters. The molecule has 0 fully saturated rings. The van der Waals surface area contributed by atoms with Gasteiger partial charge in [0.1, 0.15) is 11.5 Å². The van der Waals surface area contributed by atoms with Crippen molar-refractivity contribution in [2.45, 2.75) is 25.9 Å². The monoisotopic (exact) mass is 269 g/mol. The molecule has 3 N–H and O–H groups in total. The molecule has 1 aromatic carbocycles. The molecule has 19 heavy (non-hydrogen) atoms. The quantitative estimate of drug-likeness (QED) is 0.652. The number of rotatable bonds is 8. The Labute approximate surface area is 114 Å². The molecule has 0 radical (unpaired) electrons. The van der Waals surface area contributed by atoms with Crippen molar-refractivity contribution < 1.29 is 19.7 Å². The zero-order valence-corrected chi connectivity index (χ0v) is 11.8. The average Bonchev–Trinajstić information content (AvgIpc) is 2.43. The Morgan fingerprint density at radius 3 is 2.37 bits per heavy atom. The van der Waals surface area contributed by atoms with Gasteiger partial charge in [0.15, 0.2) is 0 Å². The third-order valence-corrected chi connectivity index (χ3v) is 3.08. The van der Waals surface area contributed by atoms with E-state index in [9.17, 15) is 5.11 Å². The van der Waals surface area contributed by atoms with Crippen LogP contribution >= 0.6 is 0 Å². The molecule has 1 rings (SSSR count). The Hall–Kier alpha value is -1.30. The van der Waals surface area contributed by atoms with Gasteiger partial charge in [0.2, 0.25) is 0 Å². The second kappa shape index (κ2) is 7.99. The van der Waals surface area contributed by atoms with E-state index in [2.05, 4.69) is 5.32 Å². The molecule has 0 aliphatic carbocycles. The van der Waals surface area contributed by atoms with Crippen molar-refractivity contribution in [3.8, 4) is 11.5 Å². The fraction of sp³-hybridized carbons (Fsp3) is 0.571. The smallest absolute Gasteiger partial charge is 0.123 e. The number of nitrogens with one attached hydrogen (secondary N) is 1. The van der Waals surface area contributed by atoms with E-state index in [0.29, 0.717) is 13.0 Å². The summed E-state index contributed by atoms with van der Waals surface area (Å²) in [6.07, 6.45) is 0.516. The molecule has 1 atom stereocenters. The van der Waals surface area contributed by atoms with Gasteiger partial charge in [-0.3, -0.25) is 0 Å². The van der Waals surface area contributed by atoms with Crippen molar-refractivity contribution in [2.75, 3.05) is 27.4 Å². The van der Waals surface area contributed by atoms with Crippen LogP contribution in [-0.4, -0.2) is 43.7 Å². The van der Waals surface area contributed by atoms with Crippen LogP contribution in [0.25, 0.3) is 0 Å². The number of aryl methyl sites for hydroxylation is 1. The SMILES string of the molecule is COc1cc(CNC(CO)CCO)c(OC)cc1C. The van der Waals surface area contributed by atoms with Gasteiger partial charge >= 0.3 is 0 Å². The van der Waals surface area contributed by atoms with E-state index in [1.54, 1.807) is 14.2 Å². The Balaban J connectivity index is 2.81. The van der Waals surface area contributed by atoms with Gasteiger partial charge < -0.3 is 25.0 Å². The molecule has 0 heterocycles. The maximum atomic E-state index is 9.18. The zero-order valence-electron chi connectivity index (χ0n) is 11.8. The van der Waals surface area contributed by atoms with Crippen LogP contribution in [0.4, 0.5) is 0 Å². The summed E-state index contributed by atoms with van der Waals surface area (Å²) in [5, 5.41) is 21.3. The summed E-state index contributed by atoms with van der Waals surface area (Å²) in [7, 11) is 3.26. The highest BCUT2D eigenvalue weighted by atomic mass is 16.5. The number of methoxy groups -OCH3 is 2. The summed E-state index contributed by atoms with van der Waals surface area (Å²) < 4.78 is 10.6. The van der Waals surface area contributed by atoms with Crippen molar-refractivity contribution in [3.05, 3.63) is 23.3 Å². The van der Waals surface area contributed by atoms with Crippen molar-refractivity contribution in [1.29, 1.82) is 0 Å². The molecule has 0 saturated carbocycles. The Morgan fingerprint density at radius 1 is 1.16 bits per heavy atom. The van der Waals surface area contributed by atoms with Gasteiger partial charge in [0.25, 0.3) is 0 Å². The van der Waals surface area contributed by atoms with Gasteiger partial charge in [-0.15, -0.1) is 0 Å². The van der Waals surface area contributed by atoms with E-state index in [1.165, 1.54) is 0 Å². The summed E-state index contributed by atoms with van der Waals surface area (Å²) >= 11 is 0. The first kappa shape index (κ1) is 15.8. The maximum Gasteiger partial charge on any atom is 0.123 e. The lowest BCUT2D eigenvalue weighted by Gasteiger charge is -2.17. The molecule has 0 aliphatic rings. The van der Waals surface area contributed by atoms with Crippen molar-refractivity contribution in [1.82, 2.24) is 5.32 Å². The first-order valence-electron chi connectivity index (χ1n) is 6.32. The van der Waals surface area contributed by atoms with Crippen LogP contribution in [0, 0.1) is 6.92 Å². The summed E-state index contributed by atoms with van der Waals surface area (Å²) in [5.74, 6) is 1.59. The number of hydrogen-bond acceptors (Lipinski definition) is 5. The lowest BCUT2D eigenvalue weighted by Crippen LogP contribution is -2.33. The molecular formula is C14H23NO4. The Bertz CT molecular complexity index is 395. The molecule has 1 aromatic rings. The van der Waals surface area contributed by atoms with Crippen LogP contribution in [-0.2, 0) is 6.54 Å². The number of aliphatic hydroxyl groups is 2. The van der Waals surface area contributed by atoms with Crippen LogP contribution in [0.15, 0.2) is 12.1 Å². The third kappa shape index (κ3) is 4.38. The maximum absolute atomic E-state index is 9.18. The van der Waals surface area contributed by atoms with Crippen LogP contribution in [0.5, 0.6) is 11.5 Å². The predicted octanol–water partition coefficient (Wildman–Crippen LogP) is 0.845. The normalized spacial score (nSPS) is 12.3. The summed E-state index contributed by atoms with van der Waals surface area (Å²) in [6, 6.07) is 3.73. The first-order valence-corrected chi connectivity index (χ1v) is 6.32. The number of aliphatic hydroxyl groups excluding tert-OH is 2.